The highest BCUT2D eigenvalue weighted by atomic mass is 16.3. The van der Waals surface area contributed by atoms with E-state index in [1.165, 1.54) is 31.2 Å². The molecule has 0 amide bonds. The van der Waals surface area contributed by atoms with Crippen molar-refractivity contribution in [3.8, 4) is 0 Å². The number of nitrogens with one attached hydrogen (secondary N) is 1. The highest BCUT2D eigenvalue weighted by molar-refractivity contribution is 5.26. The minimum absolute atomic E-state index is 0.383. The second-order valence-corrected chi connectivity index (χ2v) is 5.73. The van der Waals surface area contributed by atoms with Gasteiger partial charge >= 0.3 is 0 Å². The monoisotopic (exact) mass is 247 g/mol. The standard InChI is InChI=1S/C16H25NO/c1-12(2)13-7-9-14(10-8-13)16(18)11-17-15-5-3-4-6-15/h7-10,12,15-18H,3-6,11H2,1-2H3. The van der Waals surface area contributed by atoms with E-state index in [1.54, 1.807) is 0 Å². The smallest absolute Gasteiger partial charge is 0.0914 e. The number of aliphatic hydroxyl groups excluding tert-OH is 1. The molecule has 2 nitrogen and oxygen atoms in total. The molecule has 0 heterocycles. The summed E-state index contributed by atoms with van der Waals surface area (Å²) in [6, 6.07) is 8.97. The molecule has 1 fully saturated rings. The summed E-state index contributed by atoms with van der Waals surface area (Å²) in [7, 11) is 0. The summed E-state index contributed by atoms with van der Waals surface area (Å²) in [5.41, 5.74) is 2.35. The molecular weight excluding hydrogens is 222 g/mol. The van der Waals surface area contributed by atoms with Crippen molar-refractivity contribution in [3.05, 3.63) is 35.4 Å². The average molecular weight is 247 g/mol. The largest absolute Gasteiger partial charge is 0.387 e. The maximum absolute atomic E-state index is 10.1. The molecule has 1 saturated carbocycles. The van der Waals surface area contributed by atoms with Gasteiger partial charge in [-0.1, -0.05) is 51.0 Å². The second kappa shape index (κ2) is 6.35. The predicted octanol–water partition coefficient (Wildman–Crippen LogP) is 3.38. The fraction of sp³-hybridized carbons (Fsp3) is 0.625. The molecule has 0 aromatic heterocycles. The van der Waals surface area contributed by atoms with Crippen LogP contribution in [0.25, 0.3) is 0 Å². The fourth-order valence-corrected chi connectivity index (χ4v) is 2.63. The molecule has 1 unspecified atom stereocenters. The van der Waals surface area contributed by atoms with Crippen LogP contribution in [0.2, 0.25) is 0 Å². The maximum atomic E-state index is 10.1. The van der Waals surface area contributed by atoms with Crippen molar-refractivity contribution in [2.45, 2.75) is 57.6 Å². The predicted molar refractivity (Wildman–Crippen MR) is 75.7 cm³/mol. The van der Waals surface area contributed by atoms with Gasteiger partial charge in [0.25, 0.3) is 0 Å². The van der Waals surface area contributed by atoms with Crippen LogP contribution in [0.5, 0.6) is 0 Å². The molecule has 1 aromatic rings. The van der Waals surface area contributed by atoms with Gasteiger partial charge in [0.15, 0.2) is 0 Å². The summed E-state index contributed by atoms with van der Waals surface area (Å²) in [5.74, 6) is 0.549. The Hall–Kier alpha value is -0.860. The van der Waals surface area contributed by atoms with Crippen molar-refractivity contribution in [1.82, 2.24) is 5.32 Å². The summed E-state index contributed by atoms with van der Waals surface area (Å²) < 4.78 is 0. The van der Waals surface area contributed by atoms with Gasteiger partial charge in [-0.05, 0) is 29.9 Å². The number of hydrogen-bond donors (Lipinski definition) is 2. The van der Waals surface area contributed by atoms with Crippen LogP contribution in [0.15, 0.2) is 24.3 Å². The van der Waals surface area contributed by atoms with Crippen molar-refractivity contribution in [1.29, 1.82) is 0 Å². The molecule has 0 aliphatic heterocycles. The molecule has 0 spiro atoms. The number of rotatable bonds is 5. The van der Waals surface area contributed by atoms with Gasteiger partial charge in [0.05, 0.1) is 6.10 Å². The van der Waals surface area contributed by atoms with Crippen molar-refractivity contribution in [2.24, 2.45) is 0 Å². The Morgan fingerprint density at radius 3 is 2.22 bits per heavy atom. The van der Waals surface area contributed by atoms with Crippen LogP contribution in [0.1, 0.15) is 62.7 Å². The topological polar surface area (TPSA) is 32.3 Å². The molecule has 1 aromatic carbocycles. The summed E-state index contributed by atoms with van der Waals surface area (Å²) in [4.78, 5) is 0. The van der Waals surface area contributed by atoms with Crippen LogP contribution in [0.3, 0.4) is 0 Å². The lowest BCUT2D eigenvalue weighted by Gasteiger charge is -2.17. The summed E-state index contributed by atoms with van der Waals surface area (Å²) in [6.07, 6.45) is 4.80. The zero-order valence-corrected chi connectivity index (χ0v) is 11.5. The zero-order chi connectivity index (χ0) is 13.0. The van der Waals surface area contributed by atoms with E-state index < -0.39 is 0 Å². The second-order valence-electron chi connectivity index (χ2n) is 5.73. The lowest BCUT2D eigenvalue weighted by molar-refractivity contribution is 0.170. The van der Waals surface area contributed by atoms with Crippen molar-refractivity contribution in [3.63, 3.8) is 0 Å². The molecular formula is C16H25NO. The Kier molecular flexibility index (Phi) is 4.79. The van der Waals surface area contributed by atoms with E-state index in [0.717, 1.165) is 5.56 Å². The third-order valence-electron chi connectivity index (χ3n) is 3.94. The lowest BCUT2D eigenvalue weighted by atomic mass is 10.00. The van der Waals surface area contributed by atoms with Crippen LogP contribution in [-0.4, -0.2) is 17.7 Å². The minimum Gasteiger partial charge on any atom is -0.387 e. The molecule has 1 aliphatic carbocycles. The highest BCUT2D eigenvalue weighted by Gasteiger charge is 2.16. The molecule has 2 heteroatoms. The highest BCUT2D eigenvalue weighted by Crippen LogP contribution is 2.20. The third kappa shape index (κ3) is 3.56. The van der Waals surface area contributed by atoms with Crippen molar-refractivity contribution in [2.75, 3.05) is 6.54 Å². The molecule has 0 bridgehead atoms. The van der Waals surface area contributed by atoms with Gasteiger partial charge in [0, 0.05) is 12.6 Å². The Bertz CT molecular complexity index is 352. The van der Waals surface area contributed by atoms with E-state index in [1.807, 2.05) is 0 Å². The van der Waals surface area contributed by atoms with E-state index in [4.69, 9.17) is 0 Å². The van der Waals surface area contributed by atoms with Gasteiger partial charge in [-0.15, -0.1) is 0 Å². The summed E-state index contributed by atoms with van der Waals surface area (Å²) in [5, 5.41) is 13.6. The Morgan fingerprint density at radius 1 is 1.11 bits per heavy atom. The quantitative estimate of drug-likeness (QED) is 0.836. The number of benzene rings is 1. The van der Waals surface area contributed by atoms with Crippen LogP contribution < -0.4 is 5.32 Å². The Labute approximate surface area is 110 Å². The number of aliphatic hydroxyl groups is 1. The van der Waals surface area contributed by atoms with E-state index in [9.17, 15) is 5.11 Å². The summed E-state index contributed by atoms with van der Waals surface area (Å²) in [6.45, 7) is 5.05. The van der Waals surface area contributed by atoms with Crippen LogP contribution in [0.4, 0.5) is 0 Å². The first-order valence-corrected chi connectivity index (χ1v) is 7.18. The Morgan fingerprint density at radius 2 is 1.67 bits per heavy atom. The molecule has 0 radical (unpaired) electrons. The zero-order valence-electron chi connectivity index (χ0n) is 11.5. The fourth-order valence-electron chi connectivity index (χ4n) is 2.63. The van der Waals surface area contributed by atoms with Gasteiger partial charge in [-0.2, -0.15) is 0 Å². The first-order valence-electron chi connectivity index (χ1n) is 7.18. The van der Waals surface area contributed by atoms with Crippen LogP contribution in [0, 0.1) is 0 Å². The van der Waals surface area contributed by atoms with E-state index >= 15 is 0 Å². The molecule has 1 atom stereocenters. The van der Waals surface area contributed by atoms with Gasteiger partial charge in [0.2, 0.25) is 0 Å². The SMILES string of the molecule is CC(C)c1ccc(C(O)CNC2CCCC2)cc1. The molecule has 2 N–H and O–H groups in total. The van der Waals surface area contributed by atoms with Gasteiger partial charge in [-0.3, -0.25) is 0 Å². The normalized spacial score (nSPS) is 18.4. The van der Waals surface area contributed by atoms with E-state index in [-0.39, 0.29) is 6.10 Å². The van der Waals surface area contributed by atoms with Crippen molar-refractivity contribution < 1.29 is 5.11 Å². The lowest BCUT2D eigenvalue weighted by Crippen LogP contribution is -2.30. The molecule has 100 valence electrons. The molecule has 1 aliphatic rings. The molecule has 2 rings (SSSR count). The van der Waals surface area contributed by atoms with Gasteiger partial charge in [0.1, 0.15) is 0 Å². The molecule has 0 saturated heterocycles. The molecule has 18 heavy (non-hydrogen) atoms. The van der Waals surface area contributed by atoms with Gasteiger partial charge in [-0.25, -0.2) is 0 Å². The summed E-state index contributed by atoms with van der Waals surface area (Å²) >= 11 is 0. The van der Waals surface area contributed by atoms with Gasteiger partial charge < -0.3 is 10.4 Å². The van der Waals surface area contributed by atoms with Crippen LogP contribution in [-0.2, 0) is 0 Å². The minimum atomic E-state index is -0.383. The number of hydrogen-bond acceptors (Lipinski definition) is 2. The van der Waals surface area contributed by atoms with Crippen molar-refractivity contribution >= 4 is 0 Å². The first-order chi connectivity index (χ1) is 8.66. The Balaban J connectivity index is 1.85. The third-order valence-corrected chi connectivity index (χ3v) is 3.94. The van der Waals surface area contributed by atoms with E-state index in [0.29, 0.717) is 18.5 Å². The van der Waals surface area contributed by atoms with Crippen LogP contribution >= 0.6 is 0 Å². The van der Waals surface area contributed by atoms with E-state index in [2.05, 4.69) is 43.4 Å². The first kappa shape index (κ1) is 13.6. The average Bonchev–Trinajstić information content (AvgIpc) is 2.89. The maximum Gasteiger partial charge on any atom is 0.0914 e.